The second-order valence-corrected chi connectivity index (χ2v) is 19.5. The molecule has 0 radical (unpaired) electrons. The number of phosphoric ester groups is 1. The Kier molecular flexibility index (Phi) is 50.3. The molecule has 66 heavy (non-hydrogen) atoms. The van der Waals surface area contributed by atoms with Crippen LogP contribution in [0.5, 0.6) is 0 Å². The van der Waals surface area contributed by atoms with E-state index in [4.69, 9.17) is 24.3 Å². The van der Waals surface area contributed by atoms with Crippen LogP contribution in [0.4, 0.5) is 0 Å². The first-order chi connectivity index (χ1) is 32.3. The lowest BCUT2D eigenvalue weighted by Gasteiger charge is -2.19. The van der Waals surface area contributed by atoms with E-state index in [0.717, 1.165) is 70.6 Å². The molecule has 10 heteroatoms. The van der Waals surface area contributed by atoms with E-state index in [1.807, 2.05) is 0 Å². The lowest BCUT2D eigenvalue weighted by atomic mass is 10.0. The van der Waals surface area contributed by atoms with Crippen LogP contribution in [0, 0.1) is 0 Å². The zero-order valence-corrected chi connectivity index (χ0v) is 43.6. The Morgan fingerprint density at radius 3 is 1.18 bits per heavy atom. The Bertz CT molecular complexity index is 1260. The normalized spacial score (nSPS) is 13.6. The Hall–Kier alpha value is -2.29. The predicted octanol–water partition coefficient (Wildman–Crippen LogP) is 16.8. The summed E-state index contributed by atoms with van der Waals surface area (Å²) in [6.07, 6.45) is 64.0. The van der Waals surface area contributed by atoms with Crippen molar-refractivity contribution in [3.63, 3.8) is 0 Å². The van der Waals surface area contributed by atoms with Crippen LogP contribution in [0.1, 0.15) is 251 Å². The molecule has 0 fully saturated rings. The SMILES string of the molecule is CCCCCC/C=C\C/C=C\CCCCCCCCCC(=O)OCC(COP(=O)(O)OCCN)OC(=O)CCCCCCCCCCCCCC/C=C\C/C=C\C/C=C\CCCCCCC. The van der Waals surface area contributed by atoms with Crippen molar-refractivity contribution in [2.75, 3.05) is 26.4 Å². The molecule has 0 spiro atoms. The Morgan fingerprint density at radius 2 is 0.788 bits per heavy atom. The predicted molar refractivity (Wildman–Crippen MR) is 279 cm³/mol. The van der Waals surface area contributed by atoms with Crippen LogP contribution in [0.2, 0.25) is 0 Å². The molecule has 0 bridgehead atoms. The van der Waals surface area contributed by atoms with Crippen LogP contribution in [0.3, 0.4) is 0 Å². The van der Waals surface area contributed by atoms with E-state index in [1.165, 1.54) is 148 Å². The number of nitrogens with two attached hydrogens (primary N) is 1. The largest absolute Gasteiger partial charge is 0.472 e. The summed E-state index contributed by atoms with van der Waals surface area (Å²) in [5.41, 5.74) is 5.37. The molecule has 2 atom stereocenters. The molecule has 0 aliphatic rings. The number of carbonyl (C=O) groups is 2. The highest BCUT2D eigenvalue weighted by atomic mass is 31.2. The minimum Gasteiger partial charge on any atom is -0.462 e. The van der Waals surface area contributed by atoms with Gasteiger partial charge in [0.1, 0.15) is 6.61 Å². The van der Waals surface area contributed by atoms with E-state index >= 15 is 0 Å². The molecule has 0 heterocycles. The lowest BCUT2D eigenvalue weighted by Crippen LogP contribution is -2.29. The fraction of sp³-hybridized carbons (Fsp3) is 0.786. The molecule has 0 rings (SSSR count). The molecule has 0 aliphatic heterocycles. The minimum atomic E-state index is -4.39. The fourth-order valence-electron chi connectivity index (χ4n) is 7.56. The first-order valence-corrected chi connectivity index (χ1v) is 28.8. The van der Waals surface area contributed by atoms with E-state index in [-0.39, 0.29) is 38.6 Å². The first-order valence-electron chi connectivity index (χ1n) is 27.3. The van der Waals surface area contributed by atoms with Crippen molar-refractivity contribution in [2.24, 2.45) is 5.73 Å². The second-order valence-electron chi connectivity index (χ2n) is 18.1. The number of carbonyl (C=O) groups excluding carboxylic acids is 2. The van der Waals surface area contributed by atoms with Crippen molar-refractivity contribution in [1.29, 1.82) is 0 Å². The number of allylic oxidation sites excluding steroid dienone is 10. The molecule has 2 unspecified atom stereocenters. The van der Waals surface area contributed by atoms with Gasteiger partial charge < -0.3 is 20.1 Å². The summed E-state index contributed by atoms with van der Waals surface area (Å²) >= 11 is 0. The zero-order valence-electron chi connectivity index (χ0n) is 42.7. The summed E-state index contributed by atoms with van der Waals surface area (Å²) in [6, 6.07) is 0. The van der Waals surface area contributed by atoms with Crippen LogP contribution in [0.25, 0.3) is 0 Å². The average molecular weight is 948 g/mol. The summed E-state index contributed by atoms with van der Waals surface area (Å²) < 4.78 is 33.0. The third kappa shape index (κ3) is 51.1. The van der Waals surface area contributed by atoms with E-state index in [0.29, 0.717) is 6.42 Å². The van der Waals surface area contributed by atoms with Gasteiger partial charge in [0, 0.05) is 19.4 Å². The third-order valence-electron chi connectivity index (χ3n) is 11.6. The number of rotatable bonds is 51. The van der Waals surface area contributed by atoms with Crippen LogP contribution >= 0.6 is 7.82 Å². The van der Waals surface area contributed by atoms with Crippen molar-refractivity contribution in [3.05, 3.63) is 60.8 Å². The molecule has 9 nitrogen and oxygen atoms in total. The van der Waals surface area contributed by atoms with Crippen LogP contribution < -0.4 is 5.73 Å². The van der Waals surface area contributed by atoms with Crippen molar-refractivity contribution in [2.45, 2.75) is 258 Å². The number of hydrogen-bond acceptors (Lipinski definition) is 8. The topological polar surface area (TPSA) is 134 Å². The maximum atomic E-state index is 12.7. The summed E-state index contributed by atoms with van der Waals surface area (Å²) in [5.74, 6) is -0.835. The zero-order chi connectivity index (χ0) is 48.1. The number of hydrogen-bond donors (Lipinski definition) is 2. The van der Waals surface area contributed by atoms with Gasteiger partial charge in [0.05, 0.1) is 13.2 Å². The van der Waals surface area contributed by atoms with Gasteiger partial charge in [-0.15, -0.1) is 0 Å². The number of esters is 2. The highest BCUT2D eigenvalue weighted by Crippen LogP contribution is 2.43. The van der Waals surface area contributed by atoms with Gasteiger partial charge in [0.25, 0.3) is 0 Å². The molecule has 0 saturated heterocycles. The summed E-state index contributed by atoms with van der Waals surface area (Å²) in [7, 11) is -4.39. The van der Waals surface area contributed by atoms with Gasteiger partial charge in [-0.25, -0.2) is 4.57 Å². The van der Waals surface area contributed by atoms with E-state index in [2.05, 4.69) is 74.6 Å². The Labute approximate surface area is 406 Å². The minimum absolute atomic E-state index is 0.0503. The summed E-state index contributed by atoms with van der Waals surface area (Å²) in [6.45, 7) is 3.72. The van der Waals surface area contributed by atoms with Gasteiger partial charge in [-0.2, -0.15) is 0 Å². The molecular weight excluding hydrogens is 846 g/mol. The second kappa shape index (κ2) is 52.1. The molecule has 384 valence electrons. The highest BCUT2D eigenvalue weighted by molar-refractivity contribution is 7.47. The molecule has 3 N–H and O–H groups in total. The van der Waals surface area contributed by atoms with Gasteiger partial charge in [-0.05, 0) is 83.5 Å². The summed E-state index contributed by atoms with van der Waals surface area (Å²) in [5, 5.41) is 0. The summed E-state index contributed by atoms with van der Waals surface area (Å²) in [4.78, 5) is 35.1. The van der Waals surface area contributed by atoms with Gasteiger partial charge in [-0.1, -0.05) is 216 Å². The van der Waals surface area contributed by atoms with Crippen molar-refractivity contribution < 1.29 is 37.6 Å². The Balaban J connectivity index is 4.01. The fourth-order valence-corrected chi connectivity index (χ4v) is 8.32. The monoisotopic (exact) mass is 948 g/mol. The maximum Gasteiger partial charge on any atom is 0.472 e. The molecule has 0 aromatic heterocycles. The average Bonchev–Trinajstić information content (AvgIpc) is 3.31. The van der Waals surface area contributed by atoms with Crippen molar-refractivity contribution >= 4 is 19.8 Å². The molecule has 0 aliphatic carbocycles. The van der Waals surface area contributed by atoms with E-state index in [9.17, 15) is 19.0 Å². The van der Waals surface area contributed by atoms with Gasteiger partial charge in [0.2, 0.25) is 0 Å². The highest BCUT2D eigenvalue weighted by Gasteiger charge is 2.26. The van der Waals surface area contributed by atoms with E-state index in [1.54, 1.807) is 0 Å². The molecule has 0 amide bonds. The number of unbranched alkanes of at least 4 members (excludes halogenated alkanes) is 28. The smallest absolute Gasteiger partial charge is 0.462 e. The number of ether oxygens (including phenoxy) is 2. The van der Waals surface area contributed by atoms with Crippen molar-refractivity contribution in [3.8, 4) is 0 Å². The van der Waals surface area contributed by atoms with Gasteiger partial charge >= 0.3 is 19.8 Å². The molecule has 0 saturated carbocycles. The molecular formula is C56H102NO8P. The Morgan fingerprint density at radius 1 is 0.455 bits per heavy atom. The quantitative estimate of drug-likeness (QED) is 0.0264. The lowest BCUT2D eigenvalue weighted by molar-refractivity contribution is -0.161. The molecule has 0 aromatic rings. The van der Waals surface area contributed by atoms with Crippen molar-refractivity contribution in [1.82, 2.24) is 0 Å². The first kappa shape index (κ1) is 63.7. The van der Waals surface area contributed by atoms with Gasteiger partial charge in [0.15, 0.2) is 6.10 Å². The molecule has 0 aromatic carbocycles. The third-order valence-corrected chi connectivity index (χ3v) is 12.6. The van der Waals surface area contributed by atoms with E-state index < -0.39 is 26.5 Å². The number of phosphoric acid groups is 1. The maximum absolute atomic E-state index is 12.7. The standard InChI is InChI=1S/C56H102NO8P/c1-3-5-7-9-11-13-15-17-19-21-23-24-25-26-27-28-29-30-31-33-35-37-39-41-43-45-47-49-56(59)65-54(53-64-66(60,61)63-51-50-57)52-62-55(58)48-46-44-42-40-38-36-34-32-22-20-18-16-14-12-10-8-6-4-2/h14-17,20-23,25-26,54H,3-13,18-19,24,27-53,57H2,1-2H3,(H,60,61)/b16-14-,17-15-,22-20-,23-21-,26-25-. The van der Waals surface area contributed by atoms with Crippen LogP contribution in [0.15, 0.2) is 60.8 Å². The van der Waals surface area contributed by atoms with Crippen LogP contribution in [-0.2, 0) is 32.7 Å². The van der Waals surface area contributed by atoms with Crippen LogP contribution in [-0.4, -0.2) is 49.3 Å². The van der Waals surface area contributed by atoms with Gasteiger partial charge in [-0.3, -0.25) is 18.6 Å².